The van der Waals surface area contributed by atoms with Crippen molar-refractivity contribution in [2.24, 2.45) is 4.40 Å². The molecule has 0 unspecified atom stereocenters. The molecule has 0 N–H and O–H groups in total. The predicted octanol–water partition coefficient (Wildman–Crippen LogP) is 4.14. The Morgan fingerprint density at radius 3 is 2.42 bits per heavy atom. The monoisotopic (exact) mass is 406 g/mol. The van der Waals surface area contributed by atoms with Crippen molar-refractivity contribution < 1.29 is 8.42 Å². The Bertz CT molecular complexity index is 844. The first kappa shape index (κ1) is 17.2. The zero-order valence-electron chi connectivity index (χ0n) is 13.4. The number of hydrogen-bond acceptors (Lipinski definition) is 2. The third kappa shape index (κ3) is 4.05. The zero-order chi connectivity index (χ0) is 17.2. The van der Waals surface area contributed by atoms with Crippen molar-refractivity contribution in [1.29, 1.82) is 0 Å². The van der Waals surface area contributed by atoms with E-state index in [0.29, 0.717) is 18.8 Å². The lowest BCUT2D eigenvalue weighted by molar-refractivity contribution is 0.448. The molecule has 0 amide bonds. The van der Waals surface area contributed by atoms with Gasteiger partial charge in [-0.15, -0.1) is 4.40 Å². The quantitative estimate of drug-likeness (QED) is 0.766. The van der Waals surface area contributed by atoms with Crippen molar-refractivity contribution in [2.45, 2.75) is 31.2 Å². The topological polar surface area (TPSA) is 49.7 Å². The first-order chi connectivity index (χ1) is 11.4. The summed E-state index contributed by atoms with van der Waals surface area (Å²) in [7, 11) is -3.65. The van der Waals surface area contributed by atoms with Crippen LogP contribution >= 0.6 is 15.9 Å². The molecule has 24 heavy (non-hydrogen) atoms. The van der Waals surface area contributed by atoms with Gasteiger partial charge in [0.1, 0.15) is 5.84 Å². The largest absolute Gasteiger partial charge is 0.355 e. The van der Waals surface area contributed by atoms with Crippen LogP contribution in [0.2, 0.25) is 0 Å². The number of halogens is 1. The fourth-order valence-electron chi connectivity index (χ4n) is 2.70. The van der Waals surface area contributed by atoms with E-state index in [1.54, 1.807) is 24.3 Å². The Morgan fingerprint density at radius 2 is 1.75 bits per heavy atom. The van der Waals surface area contributed by atoms with Gasteiger partial charge < -0.3 is 4.90 Å². The Balaban J connectivity index is 1.82. The van der Waals surface area contributed by atoms with Crippen LogP contribution in [0.1, 0.15) is 24.0 Å². The summed E-state index contributed by atoms with van der Waals surface area (Å²) in [5, 5.41) is 0. The van der Waals surface area contributed by atoms with Gasteiger partial charge in [-0.25, -0.2) is 0 Å². The number of benzene rings is 2. The summed E-state index contributed by atoms with van der Waals surface area (Å²) in [6.07, 6.45) is 1.63. The van der Waals surface area contributed by atoms with E-state index >= 15 is 0 Å². The van der Waals surface area contributed by atoms with E-state index in [9.17, 15) is 8.42 Å². The molecule has 1 heterocycles. The van der Waals surface area contributed by atoms with Gasteiger partial charge in [0.25, 0.3) is 10.0 Å². The van der Waals surface area contributed by atoms with Crippen LogP contribution in [-0.4, -0.2) is 25.7 Å². The average molecular weight is 407 g/mol. The zero-order valence-corrected chi connectivity index (χ0v) is 15.8. The molecule has 1 aliphatic heterocycles. The van der Waals surface area contributed by atoms with Crippen molar-refractivity contribution in [3.05, 3.63) is 64.1 Å². The Kier molecular flexibility index (Phi) is 5.06. The van der Waals surface area contributed by atoms with Crippen molar-refractivity contribution >= 4 is 31.8 Å². The van der Waals surface area contributed by atoms with Crippen molar-refractivity contribution in [2.75, 3.05) is 6.54 Å². The normalized spacial score (nSPS) is 16.8. The van der Waals surface area contributed by atoms with Crippen LogP contribution in [0.15, 0.2) is 62.3 Å². The molecule has 0 radical (unpaired) electrons. The Labute approximate surface area is 151 Å². The molecule has 126 valence electrons. The Hall–Kier alpha value is -1.66. The van der Waals surface area contributed by atoms with Gasteiger partial charge in [0.2, 0.25) is 0 Å². The van der Waals surface area contributed by atoms with Gasteiger partial charge >= 0.3 is 0 Å². The molecule has 0 aromatic heterocycles. The number of aryl methyl sites for hydroxylation is 1. The van der Waals surface area contributed by atoms with E-state index in [1.807, 2.05) is 31.2 Å². The van der Waals surface area contributed by atoms with Crippen LogP contribution in [0.25, 0.3) is 0 Å². The third-order valence-corrected chi connectivity index (χ3v) is 5.87. The number of hydrogen-bond donors (Lipinski definition) is 0. The van der Waals surface area contributed by atoms with Gasteiger partial charge in [-0.1, -0.05) is 45.8 Å². The SMILES string of the molecule is Cc1ccc(S(=O)(=O)/N=C2\CCCN2Cc2ccc(Br)cc2)cc1. The van der Waals surface area contributed by atoms with Crippen LogP contribution in [0.4, 0.5) is 0 Å². The van der Waals surface area contributed by atoms with Crippen molar-refractivity contribution in [1.82, 2.24) is 4.90 Å². The molecule has 0 saturated carbocycles. The van der Waals surface area contributed by atoms with Gasteiger partial charge in [-0.05, 0) is 43.2 Å². The molecule has 1 fully saturated rings. The van der Waals surface area contributed by atoms with Gasteiger partial charge in [0.15, 0.2) is 0 Å². The van der Waals surface area contributed by atoms with Gasteiger partial charge in [0.05, 0.1) is 4.90 Å². The molecule has 1 saturated heterocycles. The Morgan fingerprint density at radius 1 is 1.08 bits per heavy atom. The minimum atomic E-state index is -3.65. The summed E-state index contributed by atoms with van der Waals surface area (Å²) in [5.41, 5.74) is 2.17. The van der Waals surface area contributed by atoms with E-state index in [0.717, 1.165) is 28.6 Å². The first-order valence-electron chi connectivity index (χ1n) is 7.84. The van der Waals surface area contributed by atoms with Crippen LogP contribution < -0.4 is 0 Å². The van der Waals surface area contributed by atoms with Crippen LogP contribution in [-0.2, 0) is 16.6 Å². The van der Waals surface area contributed by atoms with Crippen LogP contribution in [0.3, 0.4) is 0 Å². The summed E-state index contributed by atoms with van der Waals surface area (Å²) in [6, 6.07) is 14.9. The van der Waals surface area contributed by atoms with E-state index in [4.69, 9.17) is 0 Å². The van der Waals surface area contributed by atoms with Crippen LogP contribution in [0, 0.1) is 6.92 Å². The maximum Gasteiger partial charge on any atom is 0.283 e. The highest BCUT2D eigenvalue weighted by atomic mass is 79.9. The number of nitrogens with zero attached hydrogens (tertiary/aromatic N) is 2. The minimum Gasteiger partial charge on any atom is -0.355 e. The smallest absolute Gasteiger partial charge is 0.283 e. The maximum absolute atomic E-state index is 12.5. The summed E-state index contributed by atoms with van der Waals surface area (Å²) in [5.74, 6) is 0.651. The summed E-state index contributed by atoms with van der Waals surface area (Å²) < 4.78 is 30.2. The predicted molar refractivity (Wildman–Crippen MR) is 99.6 cm³/mol. The number of amidine groups is 1. The van der Waals surface area contributed by atoms with E-state index in [1.165, 1.54) is 0 Å². The summed E-state index contributed by atoms with van der Waals surface area (Å²) >= 11 is 3.42. The second kappa shape index (κ2) is 7.07. The van der Waals surface area contributed by atoms with Crippen molar-refractivity contribution in [3.63, 3.8) is 0 Å². The third-order valence-electron chi connectivity index (χ3n) is 4.02. The van der Waals surface area contributed by atoms with E-state index < -0.39 is 10.0 Å². The molecule has 4 nitrogen and oxygen atoms in total. The van der Waals surface area contributed by atoms with E-state index in [2.05, 4.69) is 25.2 Å². The molecule has 0 bridgehead atoms. The summed E-state index contributed by atoms with van der Waals surface area (Å²) in [6.45, 7) is 3.44. The average Bonchev–Trinajstić information content (AvgIpc) is 2.96. The number of sulfonamides is 1. The lowest BCUT2D eigenvalue weighted by Crippen LogP contribution is -2.25. The second-order valence-corrected chi connectivity index (χ2v) is 8.47. The molecule has 6 heteroatoms. The highest BCUT2D eigenvalue weighted by Crippen LogP contribution is 2.21. The standard InChI is InChI=1S/C18H19BrN2O2S/c1-14-4-10-17(11-5-14)24(22,23)20-18-3-2-12-21(18)13-15-6-8-16(19)9-7-15/h4-11H,2-3,12-13H2,1H3/b20-18+. The van der Waals surface area contributed by atoms with E-state index in [-0.39, 0.29) is 4.90 Å². The van der Waals surface area contributed by atoms with Gasteiger partial charge in [-0.3, -0.25) is 0 Å². The minimum absolute atomic E-state index is 0.246. The van der Waals surface area contributed by atoms with Crippen molar-refractivity contribution in [3.8, 4) is 0 Å². The summed E-state index contributed by atoms with van der Waals surface area (Å²) in [4.78, 5) is 2.30. The highest BCUT2D eigenvalue weighted by molar-refractivity contribution is 9.10. The molecule has 3 rings (SSSR count). The number of rotatable bonds is 4. The van der Waals surface area contributed by atoms with Crippen LogP contribution in [0.5, 0.6) is 0 Å². The maximum atomic E-state index is 12.5. The molecular formula is C18H19BrN2O2S. The van der Waals surface area contributed by atoms with Gasteiger partial charge in [0, 0.05) is 24.0 Å². The number of likely N-dealkylation sites (tertiary alicyclic amines) is 1. The van der Waals surface area contributed by atoms with Gasteiger partial charge in [-0.2, -0.15) is 8.42 Å². The fraction of sp³-hybridized carbons (Fsp3) is 0.278. The molecular weight excluding hydrogens is 388 g/mol. The molecule has 0 aliphatic carbocycles. The first-order valence-corrected chi connectivity index (χ1v) is 10.1. The molecule has 0 atom stereocenters. The lowest BCUT2D eigenvalue weighted by Gasteiger charge is -2.19. The lowest BCUT2D eigenvalue weighted by atomic mass is 10.2. The molecule has 2 aromatic rings. The molecule has 2 aromatic carbocycles. The highest BCUT2D eigenvalue weighted by Gasteiger charge is 2.22. The molecule has 0 spiro atoms. The fourth-order valence-corrected chi connectivity index (χ4v) is 4.03. The molecule has 1 aliphatic rings. The second-order valence-electron chi connectivity index (χ2n) is 5.95.